The summed E-state index contributed by atoms with van der Waals surface area (Å²) in [5.74, 6) is 1.67. The van der Waals surface area contributed by atoms with E-state index in [0.717, 1.165) is 43.1 Å². The molecule has 3 heterocycles. The maximum Gasteiger partial charge on any atom is 0.288 e. The average molecular weight is 671 g/mol. The van der Waals surface area contributed by atoms with Gasteiger partial charge in [0.2, 0.25) is 13.1 Å². The van der Waals surface area contributed by atoms with Gasteiger partial charge < -0.3 is 38.4 Å². The first-order chi connectivity index (χ1) is 24.1. The Labute approximate surface area is 288 Å². The van der Waals surface area contributed by atoms with E-state index in [2.05, 4.69) is 53.4 Å². The predicted molar refractivity (Wildman–Crippen MR) is 183 cm³/mol. The van der Waals surface area contributed by atoms with Crippen LogP contribution in [0.15, 0.2) is 72.5 Å². The number of hydrogen-bond acceptors (Lipinski definition) is 9. The minimum atomic E-state index is -0.597. The Morgan fingerprint density at radius 3 is 2.53 bits per heavy atom. The summed E-state index contributed by atoms with van der Waals surface area (Å²) < 4.78 is 35.1. The monoisotopic (exact) mass is 670 g/mol. The normalized spacial score (nSPS) is 21.2. The first kappa shape index (κ1) is 33.6. The summed E-state index contributed by atoms with van der Waals surface area (Å²) in [6.45, 7) is 7.86. The fraction of sp³-hybridized carbons (Fsp3) is 0.462. The van der Waals surface area contributed by atoms with Crippen molar-refractivity contribution in [3.63, 3.8) is 0 Å². The van der Waals surface area contributed by atoms with Gasteiger partial charge in [-0.25, -0.2) is 0 Å². The number of rotatable bonds is 14. The zero-order valence-corrected chi connectivity index (χ0v) is 28.2. The topological polar surface area (TPSA) is 99.2 Å². The summed E-state index contributed by atoms with van der Waals surface area (Å²) in [6, 6.07) is 21.2. The lowest BCUT2D eigenvalue weighted by Crippen LogP contribution is -2.50. The highest BCUT2D eigenvalue weighted by Crippen LogP contribution is 2.46. The standard InChI is InChI=1S/C39H46N2O8/c1-2-46-39-32(12-18-44-20-21-45-19-17-42)34(31-9-5-8-30-29-7-4-3-6-28(29)23-33(30)31)24-37(49-39)38(43)41-15-13-40(14-16-41)25-27-10-11-35-36(22-27)48-26-47-35/h3-11,22,24,32,34,39,42H,2,12-21,23,25-26H2,1H3/t32-,34-,39-/m1/s1. The second-order valence-corrected chi connectivity index (χ2v) is 12.9. The number of aliphatic hydroxyl groups is 1. The van der Waals surface area contributed by atoms with Crippen molar-refractivity contribution in [1.29, 1.82) is 0 Å². The molecular formula is C39H46N2O8. The first-order valence-electron chi connectivity index (χ1n) is 17.5. The highest BCUT2D eigenvalue weighted by atomic mass is 16.7. The number of amides is 1. The molecule has 3 aromatic carbocycles. The van der Waals surface area contributed by atoms with E-state index in [4.69, 9.17) is 33.5 Å². The summed E-state index contributed by atoms with van der Waals surface area (Å²) in [4.78, 5) is 18.4. The Bertz CT molecular complexity index is 1630. The van der Waals surface area contributed by atoms with E-state index < -0.39 is 6.29 Å². The molecule has 0 bridgehead atoms. The molecular weight excluding hydrogens is 624 g/mol. The number of carbonyl (C=O) groups excluding carboxylic acids is 1. The van der Waals surface area contributed by atoms with Crippen molar-refractivity contribution in [1.82, 2.24) is 9.80 Å². The number of ether oxygens (including phenoxy) is 6. The molecule has 7 rings (SSSR count). The molecule has 3 aliphatic heterocycles. The third kappa shape index (κ3) is 7.49. The molecule has 260 valence electrons. The van der Waals surface area contributed by atoms with Crippen LogP contribution in [0.2, 0.25) is 0 Å². The van der Waals surface area contributed by atoms with Crippen molar-refractivity contribution in [3.8, 4) is 22.6 Å². The van der Waals surface area contributed by atoms with Crippen LogP contribution in [-0.2, 0) is 36.7 Å². The third-order valence-electron chi connectivity index (χ3n) is 9.88. The Morgan fingerprint density at radius 2 is 1.69 bits per heavy atom. The Kier molecular flexibility index (Phi) is 10.8. The molecule has 1 N–H and O–H groups in total. The van der Waals surface area contributed by atoms with E-state index in [1.54, 1.807) is 0 Å². The number of aliphatic hydroxyl groups excluding tert-OH is 1. The van der Waals surface area contributed by atoms with Gasteiger partial charge >= 0.3 is 0 Å². The van der Waals surface area contributed by atoms with E-state index in [0.29, 0.717) is 58.3 Å². The van der Waals surface area contributed by atoms with Gasteiger partial charge in [-0.15, -0.1) is 0 Å². The van der Waals surface area contributed by atoms with Crippen molar-refractivity contribution in [2.45, 2.75) is 38.5 Å². The molecule has 0 spiro atoms. The molecule has 1 saturated heterocycles. The largest absolute Gasteiger partial charge is 0.459 e. The summed E-state index contributed by atoms with van der Waals surface area (Å²) in [7, 11) is 0. The van der Waals surface area contributed by atoms with E-state index in [9.17, 15) is 4.79 Å². The summed E-state index contributed by atoms with van der Waals surface area (Å²) in [5, 5.41) is 8.98. The van der Waals surface area contributed by atoms with Crippen LogP contribution in [-0.4, -0.2) is 99.7 Å². The van der Waals surface area contributed by atoms with Crippen molar-refractivity contribution in [2.24, 2.45) is 5.92 Å². The van der Waals surface area contributed by atoms with E-state index in [1.807, 2.05) is 30.0 Å². The number of fused-ring (bicyclic) bond motifs is 4. The number of hydrogen-bond donors (Lipinski definition) is 1. The van der Waals surface area contributed by atoms with Gasteiger partial charge in [0.15, 0.2) is 17.3 Å². The third-order valence-corrected chi connectivity index (χ3v) is 9.88. The molecule has 1 aliphatic carbocycles. The highest BCUT2D eigenvalue weighted by molar-refractivity contribution is 5.92. The molecule has 3 aromatic rings. The van der Waals surface area contributed by atoms with E-state index in [1.165, 1.54) is 27.8 Å². The average Bonchev–Trinajstić information content (AvgIpc) is 3.76. The summed E-state index contributed by atoms with van der Waals surface area (Å²) in [6.07, 6.45) is 2.99. The van der Waals surface area contributed by atoms with Gasteiger partial charge in [0.25, 0.3) is 5.91 Å². The van der Waals surface area contributed by atoms with Crippen molar-refractivity contribution in [2.75, 3.05) is 72.6 Å². The Hall–Kier alpha value is -3.93. The van der Waals surface area contributed by atoms with Gasteiger partial charge in [0.1, 0.15) is 0 Å². The molecule has 4 aliphatic rings. The smallest absolute Gasteiger partial charge is 0.288 e. The van der Waals surface area contributed by atoms with E-state index in [-0.39, 0.29) is 31.1 Å². The maximum atomic E-state index is 14.1. The molecule has 0 saturated carbocycles. The maximum absolute atomic E-state index is 14.1. The van der Waals surface area contributed by atoms with Gasteiger partial charge in [-0.2, -0.15) is 0 Å². The van der Waals surface area contributed by atoms with Gasteiger partial charge in [-0.05, 0) is 71.4 Å². The lowest BCUT2D eigenvalue weighted by Gasteiger charge is -2.40. The number of carbonyl (C=O) groups is 1. The molecule has 0 radical (unpaired) electrons. The second kappa shape index (κ2) is 15.7. The molecule has 1 amide bonds. The SMILES string of the molecule is CCO[C@@H]1OC(C(=O)N2CCN(Cc3ccc4c(c3)OCO4)CC2)=C[C@H](c2cccc3c2Cc2ccccc2-3)[C@H]1CCOCCOCCO. The molecule has 3 atom stereocenters. The van der Waals surface area contributed by atoms with E-state index >= 15 is 0 Å². The number of allylic oxidation sites excluding steroid dienone is 1. The molecule has 0 aromatic heterocycles. The van der Waals surface area contributed by atoms with Crippen molar-refractivity contribution >= 4 is 5.91 Å². The fourth-order valence-corrected chi connectivity index (χ4v) is 7.45. The molecule has 0 unspecified atom stereocenters. The molecule has 10 heteroatoms. The minimum absolute atomic E-state index is 0.00731. The molecule has 49 heavy (non-hydrogen) atoms. The number of nitrogens with zero attached hydrogens (tertiary/aromatic N) is 2. The first-order valence-corrected chi connectivity index (χ1v) is 17.5. The van der Waals surface area contributed by atoms with Crippen LogP contribution < -0.4 is 9.47 Å². The van der Waals surface area contributed by atoms with Crippen LogP contribution in [0.4, 0.5) is 0 Å². The van der Waals surface area contributed by atoms with Crippen LogP contribution in [0.25, 0.3) is 11.1 Å². The van der Waals surface area contributed by atoms with Gasteiger partial charge in [-0.1, -0.05) is 48.5 Å². The quantitative estimate of drug-likeness (QED) is 0.191. The van der Waals surface area contributed by atoms with Crippen LogP contribution in [0.3, 0.4) is 0 Å². The molecule has 1 fully saturated rings. The van der Waals surface area contributed by atoms with Gasteiger partial charge in [-0.3, -0.25) is 9.69 Å². The lowest BCUT2D eigenvalue weighted by molar-refractivity contribution is -0.172. The zero-order chi connectivity index (χ0) is 33.6. The number of piperazine rings is 1. The minimum Gasteiger partial charge on any atom is -0.459 e. The lowest BCUT2D eigenvalue weighted by atomic mass is 9.78. The second-order valence-electron chi connectivity index (χ2n) is 12.9. The highest BCUT2D eigenvalue weighted by Gasteiger charge is 2.41. The van der Waals surface area contributed by atoms with Crippen LogP contribution in [0.1, 0.15) is 41.5 Å². The summed E-state index contributed by atoms with van der Waals surface area (Å²) in [5.41, 5.74) is 7.51. The Morgan fingerprint density at radius 1 is 0.898 bits per heavy atom. The van der Waals surface area contributed by atoms with Crippen molar-refractivity contribution < 1.29 is 38.3 Å². The predicted octanol–water partition coefficient (Wildman–Crippen LogP) is 4.72. The number of benzene rings is 3. The van der Waals surface area contributed by atoms with Crippen LogP contribution in [0.5, 0.6) is 11.5 Å². The van der Waals surface area contributed by atoms with Crippen LogP contribution in [0, 0.1) is 5.92 Å². The van der Waals surface area contributed by atoms with Crippen LogP contribution >= 0.6 is 0 Å². The molecule has 10 nitrogen and oxygen atoms in total. The zero-order valence-electron chi connectivity index (χ0n) is 28.2. The fourth-order valence-electron chi connectivity index (χ4n) is 7.45. The van der Waals surface area contributed by atoms with Gasteiger partial charge in [0, 0.05) is 57.8 Å². The van der Waals surface area contributed by atoms with Gasteiger partial charge in [0.05, 0.1) is 26.4 Å². The Balaban J connectivity index is 1.09. The van der Waals surface area contributed by atoms with Crippen molar-refractivity contribution in [3.05, 3.63) is 94.8 Å². The summed E-state index contributed by atoms with van der Waals surface area (Å²) >= 11 is 0.